The lowest BCUT2D eigenvalue weighted by atomic mass is 9.97. The SMILES string of the molecule is C=CC[C@H](C(=O)N(Cc1ccccc1)Cc1ccccc1)C1CC1. The summed E-state index contributed by atoms with van der Waals surface area (Å²) in [6.07, 6.45) is 5.03. The van der Waals surface area contributed by atoms with E-state index < -0.39 is 0 Å². The third-order valence-corrected chi connectivity index (χ3v) is 4.67. The van der Waals surface area contributed by atoms with Crippen molar-refractivity contribution in [2.24, 2.45) is 11.8 Å². The van der Waals surface area contributed by atoms with E-state index in [9.17, 15) is 4.79 Å². The van der Waals surface area contributed by atoms with Crippen LogP contribution < -0.4 is 0 Å². The van der Waals surface area contributed by atoms with Crippen molar-refractivity contribution in [3.05, 3.63) is 84.4 Å². The standard InChI is InChI=1S/C22H25NO/c1-2-9-21(20-14-15-20)22(24)23(16-18-10-5-3-6-11-18)17-19-12-7-4-8-13-19/h2-8,10-13,20-21H,1,9,14-17H2/t21-/m0/s1. The molecule has 1 aliphatic carbocycles. The molecule has 1 amide bonds. The topological polar surface area (TPSA) is 20.3 Å². The molecule has 0 bridgehead atoms. The van der Waals surface area contributed by atoms with Gasteiger partial charge in [-0.2, -0.15) is 0 Å². The summed E-state index contributed by atoms with van der Waals surface area (Å²) < 4.78 is 0. The fraction of sp³-hybridized carbons (Fsp3) is 0.318. The van der Waals surface area contributed by atoms with Gasteiger partial charge in [0.1, 0.15) is 0 Å². The van der Waals surface area contributed by atoms with Crippen LogP contribution in [0.3, 0.4) is 0 Å². The molecule has 0 unspecified atom stereocenters. The first-order valence-electron chi connectivity index (χ1n) is 8.75. The number of rotatable bonds is 8. The van der Waals surface area contributed by atoms with E-state index in [-0.39, 0.29) is 11.8 Å². The Balaban J connectivity index is 1.80. The van der Waals surface area contributed by atoms with Gasteiger partial charge in [-0.05, 0) is 36.3 Å². The average molecular weight is 319 g/mol. The predicted octanol–water partition coefficient (Wildman–Crippen LogP) is 4.82. The zero-order valence-electron chi connectivity index (χ0n) is 14.1. The Kier molecular flexibility index (Phi) is 5.47. The summed E-state index contributed by atoms with van der Waals surface area (Å²) in [5, 5.41) is 0. The van der Waals surface area contributed by atoms with Crippen LogP contribution in [0.15, 0.2) is 73.3 Å². The smallest absolute Gasteiger partial charge is 0.226 e. The van der Waals surface area contributed by atoms with Crippen molar-refractivity contribution < 1.29 is 4.79 Å². The first kappa shape index (κ1) is 16.5. The van der Waals surface area contributed by atoms with Crippen molar-refractivity contribution in [1.82, 2.24) is 4.90 Å². The molecular formula is C22H25NO. The number of hydrogen-bond donors (Lipinski definition) is 0. The van der Waals surface area contributed by atoms with Crippen molar-refractivity contribution in [2.45, 2.75) is 32.4 Å². The molecule has 0 aromatic heterocycles. The largest absolute Gasteiger partial charge is 0.334 e. The van der Waals surface area contributed by atoms with E-state index in [0.29, 0.717) is 19.0 Å². The molecule has 2 nitrogen and oxygen atoms in total. The minimum atomic E-state index is 0.0925. The predicted molar refractivity (Wildman–Crippen MR) is 98.2 cm³/mol. The van der Waals surface area contributed by atoms with Crippen LogP contribution in [0.25, 0.3) is 0 Å². The van der Waals surface area contributed by atoms with Gasteiger partial charge in [0.2, 0.25) is 5.91 Å². The first-order chi connectivity index (χ1) is 11.8. The van der Waals surface area contributed by atoms with E-state index in [1.165, 1.54) is 24.0 Å². The quantitative estimate of drug-likeness (QED) is 0.639. The summed E-state index contributed by atoms with van der Waals surface area (Å²) in [5.74, 6) is 0.907. The number of carbonyl (C=O) groups excluding carboxylic acids is 1. The van der Waals surface area contributed by atoms with E-state index in [0.717, 1.165) is 6.42 Å². The molecule has 1 saturated carbocycles. The van der Waals surface area contributed by atoms with Gasteiger partial charge in [0.05, 0.1) is 0 Å². The second-order valence-corrected chi connectivity index (χ2v) is 6.63. The lowest BCUT2D eigenvalue weighted by Crippen LogP contribution is -2.36. The van der Waals surface area contributed by atoms with Crippen LogP contribution >= 0.6 is 0 Å². The number of allylic oxidation sites excluding steroid dienone is 1. The summed E-state index contributed by atoms with van der Waals surface area (Å²) in [7, 11) is 0. The van der Waals surface area contributed by atoms with E-state index in [1.807, 2.05) is 47.4 Å². The maximum absolute atomic E-state index is 13.2. The maximum Gasteiger partial charge on any atom is 0.226 e. The number of carbonyl (C=O) groups is 1. The first-order valence-corrected chi connectivity index (χ1v) is 8.75. The highest BCUT2D eigenvalue weighted by atomic mass is 16.2. The molecule has 1 fully saturated rings. The third kappa shape index (κ3) is 4.35. The molecular weight excluding hydrogens is 294 g/mol. The molecule has 2 aromatic rings. The van der Waals surface area contributed by atoms with Crippen LogP contribution in [0.4, 0.5) is 0 Å². The van der Waals surface area contributed by atoms with Gasteiger partial charge in [-0.3, -0.25) is 4.79 Å². The second kappa shape index (κ2) is 7.96. The third-order valence-electron chi connectivity index (χ3n) is 4.67. The van der Waals surface area contributed by atoms with E-state index in [2.05, 4.69) is 30.8 Å². The Morgan fingerprint density at radius 3 is 1.92 bits per heavy atom. The molecule has 2 aromatic carbocycles. The van der Waals surface area contributed by atoms with Gasteiger partial charge >= 0.3 is 0 Å². The molecule has 0 spiro atoms. The molecule has 24 heavy (non-hydrogen) atoms. The van der Waals surface area contributed by atoms with Crippen molar-refractivity contribution in [3.8, 4) is 0 Å². The summed E-state index contributed by atoms with van der Waals surface area (Å²) in [5.41, 5.74) is 2.35. The molecule has 0 aliphatic heterocycles. The van der Waals surface area contributed by atoms with Gasteiger partial charge in [0.25, 0.3) is 0 Å². The highest BCUT2D eigenvalue weighted by Gasteiger charge is 2.37. The Hall–Kier alpha value is -2.35. The van der Waals surface area contributed by atoms with Gasteiger partial charge in [0, 0.05) is 19.0 Å². The second-order valence-electron chi connectivity index (χ2n) is 6.63. The fourth-order valence-electron chi connectivity index (χ4n) is 3.23. The summed E-state index contributed by atoms with van der Waals surface area (Å²) in [6, 6.07) is 20.5. The van der Waals surface area contributed by atoms with Gasteiger partial charge in [-0.15, -0.1) is 6.58 Å². The van der Waals surface area contributed by atoms with Gasteiger partial charge in [-0.25, -0.2) is 0 Å². The Morgan fingerprint density at radius 1 is 1.00 bits per heavy atom. The molecule has 0 radical (unpaired) electrons. The molecule has 1 aliphatic rings. The van der Waals surface area contributed by atoms with E-state index in [4.69, 9.17) is 0 Å². The van der Waals surface area contributed by atoms with Crippen molar-refractivity contribution >= 4 is 5.91 Å². The normalized spacial score (nSPS) is 14.8. The van der Waals surface area contributed by atoms with Crippen LogP contribution in [0.5, 0.6) is 0 Å². The zero-order valence-corrected chi connectivity index (χ0v) is 14.1. The number of nitrogens with zero attached hydrogens (tertiary/aromatic N) is 1. The minimum Gasteiger partial charge on any atom is -0.334 e. The number of hydrogen-bond acceptors (Lipinski definition) is 1. The van der Waals surface area contributed by atoms with E-state index in [1.54, 1.807) is 0 Å². The lowest BCUT2D eigenvalue weighted by molar-refractivity contribution is -0.137. The van der Waals surface area contributed by atoms with Gasteiger partial charge in [-0.1, -0.05) is 66.7 Å². The number of amides is 1. The van der Waals surface area contributed by atoms with Gasteiger partial charge in [0.15, 0.2) is 0 Å². The van der Waals surface area contributed by atoms with E-state index >= 15 is 0 Å². The highest BCUT2D eigenvalue weighted by molar-refractivity contribution is 5.79. The molecule has 0 N–H and O–H groups in total. The Morgan fingerprint density at radius 2 is 1.50 bits per heavy atom. The Bertz CT molecular complexity index is 619. The van der Waals surface area contributed by atoms with Crippen LogP contribution in [-0.2, 0) is 17.9 Å². The van der Waals surface area contributed by atoms with Crippen LogP contribution in [0, 0.1) is 11.8 Å². The van der Waals surface area contributed by atoms with Crippen LogP contribution in [0.2, 0.25) is 0 Å². The summed E-state index contributed by atoms with van der Waals surface area (Å²) >= 11 is 0. The van der Waals surface area contributed by atoms with Crippen molar-refractivity contribution in [3.63, 3.8) is 0 Å². The molecule has 0 heterocycles. The van der Waals surface area contributed by atoms with Crippen LogP contribution in [-0.4, -0.2) is 10.8 Å². The van der Waals surface area contributed by atoms with Gasteiger partial charge < -0.3 is 4.90 Å². The number of benzene rings is 2. The summed E-state index contributed by atoms with van der Waals surface area (Å²) in [6.45, 7) is 5.17. The van der Waals surface area contributed by atoms with Crippen molar-refractivity contribution in [2.75, 3.05) is 0 Å². The molecule has 3 rings (SSSR count). The molecule has 2 heteroatoms. The molecule has 0 saturated heterocycles. The zero-order chi connectivity index (χ0) is 16.8. The fourth-order valence-corrected chi connectivity index (χ4v) is 3.23. The average Bonchev–Trinajstić information content (AvgIpc) is 3.45. The minimum absolute atomic E-state index is 0.0925. The lowest BCUT2D eigenvalue weighted by Gasteiger charge is -2.27. The monoisotopic (exact) mass is 319 g/mol. The highest BCUT2D eigenvalue weighted by Crippen LogP contribution is 2.40. The summed E-state index contributed by atoms with van der Waals surface area (Å²) in [4.78, 5) is 15.2. The maximum atomic E-state index is 13.2. The molecule has 124 valence electrons. The van der Waals surface area contributed by atoms with Crippen LogP contribution in [0.1, 0.15) is 30.4 Å². The Labute approximate surface area is 144 Å². The van der Waals surface area contributed by atoms with Crippen molar-refractivity contribution in [1.29, 1.82) is 0 Å². The molecule has 1 atom stereocenters.